The second-order valence-electron chi connectivity index (χ2n) is 7.03. The van der Waals surface area contributed by atoms with Crippen LogP contribution in [0.4, 0.5) is 0 Å². The lowest BCUT2D eigenvalue weighted by Crippen LogP contribution is -2.21. The first-order valence-electron chi connectivity index (χ1n) is 9.36. The summed E-state index contributed by atoms with van der Waals surface area (Å²) in [6, 6.07) is 5.89. The van der Waals surface area contributed by atoms with Gasteiger partial charge in [-0.25, -0.2) is 18.1 Å². The molecule has 28 heavy (non-hydrogen) atoms. The molecule has 9 heteroatoms. The Kier molecular flexibility index (Phi) is 6.54. The Morgan fingerprint density at radius 3 is 2.79 bits per heavy atom. The first-order valence-corrected chi connectivity index (χ1v) is 11.3. The van der Waals surface area contributed by atoms with E-state index in [9.17, 15) is 8.42 Å². The molecule has 0 saturated heterocycles. The summed E-state index contributed by atoms with van der Waals surface area (Å²) in [7, 11) is -3.24. The molecular formula is C19H26N6O2S. The number of imidazole rings is 1. The Hall–Kier alpha value is -2.57. The van der Waals surface area contributed by atoms with Crippen molar-refractivity contribution in [2.75, 3.05) is 6.26 Å². The summed E-state index contributed by atoms with van der Waals surface area (Å²) in [4.78, 5) is 15.9. The van der Waals surface area contributed by atoms with Crippen LogP contribution in [-0.2, 0) is 16.6 Å². The molecule has 1 aliphatic rings. The van der Waals surface area contributed by atoms with Crippen LogP contribution in [0.15, 0.2) is 24.5 Å². The average molecular weight is 403 g/mol. The van der Waals surface area contributed by atoms with Gasteiger partial charge in [-0.15, -0.1) is 0 Å². The number of nitriles is 1. The van der Waals surface area contributed by atoms with Gasteiger partial charge in [-0.05, 0) is 30.9 Å². The summed E-state index contributed by atoms with van der Waals surface area (Å²) in [6.07, 6.45) is 11.9. The van der Waals surface area contributed by atoms with Crippen LogP contribution in [0.5, 0.6) is 0 Å². The molecule has 3 aromatic rings. The first kappa shape index (κ1) is 20.2. The van der Waals surface area contributed by atoms with Crippen LogP contribution >= 0.6 is 0 Å². The molecular weight excluding hydrogens is 376 g/mol. The molecule has 2 N–H and O–H groups in total. The molecule has 1 fully saturated rings. The molecule has 4 rings (SSSR count). The maximum atomic E-state index is 11.1. The maximum absolute atomic E-state index is 11.1. The van der Waals surface area contributed by atoms with Gasteiger partial charge >= 0.3 is 0 Å². The van der Waals surface area contributed by atoms with Crippen LogP contribution in [0.2, 0.25) is 0 Å². The molecule has 1 aliphatic carbocycles. The van der Waals surface area contributed by atoms with Gasteiger partial charge in [0.1, 0.15) is 16.9 Å². The lowest BCUT2D eigenvalue weighted by molar-refractivity contribution is 0.364. The summed E-state index contributed by atoms with van der Waals surface area (Å²) in [5.41, 5.74) is 2.87. The Labute approximate surface area is 166 Å². The number of rotatable bonds is 4. The second-order valence-corrected chi connectivity index (χ2v) is 8.87. The predicted molar refractivity (Wildman–Crippen MR) is 110 cm³/mol. The molecule has 0 radical (unpaired) electrons. The van der Waals surface area contributed by atoms with Crippen LogP contribution in [0.3, 0.4) is 0 Å². The Morgan fingerprint density at radius 1 is 1.29 bits per heavy atom. The van der Waals surface area contributed by atoms with Gasteiger partial charge in [-0.2, -0.15) is 5.26 Å². The highest BCUT2D eigenvalue weighted by atomic mass is 32.2. The Bertz CT molecular complexity index is 1090. The fourth-order valence-corrected chi connectivity index (χ4v) is 3.73. The van der Waals surface area contributed by atoms with E-state index in [1.165, 1.54) is 32.1 Å². The van der Waals surface area contributed by atoms with Gasteiger partial charge < -0.3 is 4.98 Å². The van der Waals surface area contributed by atoms with E-state index in [1.54, 1.807) is 18.5 Å². The van der Waals surface area contributed by atoms with E-state index in [0.717, 1.165) is 29.6 Å². The average Bonchev–Trinajstić information content (AvgIpc) is 3.11. The van der Waals surface area contributed by atoms with E-state index in [-0.39, 0.29) is 7.97 Å². The molecule has 8 nitrogen and oxygen atoms in total. The Morgan fingerprint density at radius 2 is 2.07 bits per heavy atom. The molecule has 0 atom stereocenters. The van der Waals surface area contributed by atoms with Crippen LogP contribution in [0.1, 0.15) is 45.8 Å². The van der Waals surface area contributed by atoms with Gasteiger partial charge in [0.2, 0.25) is 10.0 Å². The number of hydrogen-bond acceptors (Lipinski definition) is 6. The SMILES string of the molecule is CS(=O)(=O)NCc1nc2c(cnc3cccnc32)[nH]1.N#CCC1CCCCC1.[HH]. The van der Waals surface area contributed by atoms with Crippen molar-refractivity contribution in [3.8, 4) is 6.07 Å². The third kappa shape index (κ3) is 5.47. The number of nitrogens with one attached hydrogen (secondary N) is 2. The van der Waals surface area contributed by atoms with Crippen LogP contribution in [-0.4, -0.2) is 34.6 Å². The number of pyridine rings is 2. The molecule has 3 heterocycles. The quantitative estimate of drug-likeness (QED) is 0.690. The summed E-state index contributed by atoms with van der Waals surface area (Å²) in [5, 5.41) is 8.37. The largest absolute Gasteiger partial charge is 0.340 e. The van der Waals surface area contributed by atoms with Crippen LogP contribution in [0, 0.1) is 17.2 Å². The van der Waals surface area contributed by atoms with E-state index >= 15 is 0 Å². The number of aromatic amines is 1. The molecule has 1 saturated carbocycles. The highest BCUT2D eigenvalue weighted by Crippen LogP contribution is 2.25. The third-order valence-electron chi connectivity index (χ3n) is 4.73. The maximum Gasteiger partial charge on any atom is 0.209 e. The lowest BCUT2D eigenvalue weighted by Gasteiger charge is -2.17. The topological polar surface area (TPSA) is 124 Å². The van der Waals surface area contributed by atoms with Crippen molar-refractivity contribution in [1.82, 2.24) is 24.7 Å². The normalized spacial score (nSPS) is 15.1. The van der Waals surface area contributed by atoms with E-state index in [2.05, 4.69) is 30.7 Å². The number of H-pyrrole nitrogens is 1. The standard InChI is InChI=1S/C11H11N5O2S.C8H13N.H2/c1-19(17,18)14-6-9-15-8-5-13-7-3-2-4-12-10(7)11(8)16-9;9-7-6-8-4-2-1-3-5-8;/h2-5,14H,6H2,1H3,(H,15,16);8H,1-6H2;1H. The van der Waals surface area contributed by atoms with Crippen molar-refractivity contribution in [3.05, 3.63) is 30.4 Å². The van der Waals surface area contributed by atoms with Gasteiger partial charge in [0.05, 0.1) is 36.1 Å². The van der Waals surface area contributed by atoms with Crippen molar-refractivity contribution >= 4 is 32.1 Å². The monoisotopic (exact) mass is 402 g/mol. The van der Waals surface area contributed by atoms with Crippen molar-refractivity contribution < 1.29 is 9.84 Å². The fourth-order valence-electron chi connectivity index (χ4n) is 3.33. The smallest absolute Gasteiger partial charge is 0.209 e. The van der Waals surface area contributed by atoms with E-state index in [0.29, 0.717) is 16.9 Å². The third-order valence-corrected chi connectivity index (χ3v) is 5.40. The molecule has 0 aliphatic heterocycles. The van der Waals surface area contributed by atoms with Gasteiger partial charge in [0.25, 0.3) is 0 Å². The second kappa shape index (κ2) is 9.08. The van der Waals surface area contributed by atoms with Crippen LogP contribution in [0.25, 0.3) is 22.1 Å². The minimum absolute atomic E-state index is 0. The van der Waals surface area contributed by atoms with Gasteiger partial charge in [0, 0.05) is 14.0 Å². The summed E-state index contributed by atoms with van der Waals surface area (Å²) in [5.74, 6) is 1.27. The molecule has 150 valence electrons. The predicted octanol–water partition coefficient (Wildman–Crippen LogP) is 3.28. The fraction of sp³-hybridized carbons (Fsp3) is 0.474. The number of fused-ring (bicyclic) bond motifs is 3. The Balaban J connectivity index is 0.000000255. The molecule has 0 amide bonds. The molecule has 0 aromatic carbocycles. The van der Waals surface area contributed by atoms with Gasteiger partial charge in [-0.1, -0.05) is 19.3 Å². The van der Waals surface area contributed by atoms with E-state index in [1.807, 2.05) is 6.07 Å². The van der Waals surface area contributed by atoms with Crippen molar-refractivity contribution in [3.63, 3.8) is 0 Å². The minimum Gasteiger partial charge on any atom is -0.340 e. The zero-order chi connectivity index (χ0) is 20.0. The number of hydrogen-bond donors (Lipinski definition) is 2. The van der Waals surface area contributed by atoms with E-state index in [4.69, 9.17) is 5.26 Å². The summed E-state index contributed by atoms with van der Waals surface area (Å²) >= 11 is 0. The van der Waals surface area contributed by atoms with Crippen molar-refractivity contribution in [2.45, 2.75) is 45.1 Å². The highest BCUT2D eigenvalue weighted by Gasteiger charge is 2.12. The first-order chi connectivity index (χ1) is 13.5. The zero-order valence-corrected chi connectivity index (χ0v) is 16.7. The molecule has 3 aromatic heterocycles. The summed E-state index contributed by atoms with van der Waals surface area (Å²) < 4.78 is 24.5. The van der Waals surface area contributed by atoms with Gasteiger partial charge in [0.15, 0.2) is 0 Å². The zero-order valence-electron chi connectivity index (χ0n) is 15.9. The number of aromatic nitrogens is 4. The van der Waals surface area contributed by atoms with Gasteiger partial charge in [-0.3, -0.25) is 9.97 Å². The van der Waals surface area contributed by atoms with Crippen molar-refractivity contribution in [2.24, 2.45) is 5.92 Å². The lowest BCUT2D eigenvalue weighted by atomic mass is 9.87. The number of nitrogens with zero attached hydrogens (tertiary/aromatic N) is 4. The van der Waals surface area contributed by atoms with Crippen LogP contribution < -0.4 is 4.72 Å². The summed E-state index contributed by atoms with van der Waals surface area (Å²) in [6.45, 7) is 0.113. The highest BCUT2D eigenvalue weighted by molar-refractivity contribution is 7.88. The molecule has 0 bridgehead atoms. The number of sulfonamides is 1. The minimum atomic E-state index is -3.24. The molecule has 0 spiro atoms. The van der Waals surface area contributed by atoms with E-state index < -0.39 is 10.0 Å². The molecule has 0 unspecified atom stereocenters. The van der Waals surface area contributed by atoms with Crippen molar-refractivity contribution in [1.29, 1.82) is 5.26 Å².